The first-order valence-electron chi connectivity index (χ1n) is 6.20. The molecule has 3 heterocycles. The lowest BCUT2D eigenvalue weighted by Crippen LogP contribution is -2.32. The quantitative estimate of drug-likeness (QED) is 0.845. The number of amides is 3. The molecule has 2 aromatic rings. The van der Waals surface area contributed by atoms with Crippen molar-refractivity contribution in [3.63, 3.8) is 0 Å². The molecule has 1 atom stereocenters. The molecule has 2 aromatic heterocycles. The van der Waals surface area contributed by atoms with Gasteiger partial charge in [-0.05, 0) is 34.5 Å². The van der Waals surface area contributed by atoms with E-state index in [0.717, 1.165) is 10.0 Å². The number of anilines is 1. The Morgan fingerprint density at radius 1 is 1.43 bits per heavy atom. The maximum absolute atomic E-state index is 12.4. The Labute approximate surface area is 133 Å². The number of thiazole rings is 1. The average molecular weight is 367 g/mol. The number of pyridine rings is 1. The number of nitrogens with zero attached hydrogens (tertiary/aromatic N) is 3. The second-order valence-electron chi connectivity index (χ2n) is 4.63. The van der Waals surface area contributed by atoms with Gasteiger partial charge in [-0.15, -0.1) is 11.3 Å². The monoisotopic (exact) mass is 366 g/mol. The minimum Gasteiger partial charge on any atom is -0.325 e. The summed E-state index contributed by atoms with van der Waals surface area (Å²) in [5.74, 6) is -0.257. The van der Waals surface area contributed by atoms with Gasteiger partial charge in [0.15, 0.2) is 0 Å². The molecule has 0 bridgehead atoms. The normalized spacial score (nSPS) is 18.2. The van der Waals surface area contributed by atoms with Crippen molar-refractivity contribution in [2.45, 2.75) is 19.4 Å². The molecule has 1 aliphatic rings. The molecule has 1 unspecified atom stereocenters. The molecule has 0 aliphatic carbocycles. The summed E-state index contributed by atoms with van der Waals surface area (Å²) in [6.07, 6.45) is 3.77. The number of hydrogen-bond donors (Lipinski definition) is 1. The van der Waals surface area contributed by atoms with Gasteiger partial charge in [-0.1, -0.05) is 0 Å². The van der Waals surface area contributed by atoms with E-state index in [4.69, 9.17) is 0 Å². The Hall–Kier alpha value is -1.80. The van der Waals surface area contributed by atoms with Crippen LogP contribution in [0.15, 0.2) is 28.4 Å². The molecule has 0 saturated carbocycles. The third-order valence-corrected chi connectivity index (χ3v) is 4.49. The van der Waals surface area contributed by atoms with Gasteiger partial charge in [0, 0.05) is 23.3 Å². The molecule has 108 valence electrons. The van der Waals surface area contributed by atoms with Crippen LogP contribution in [0.5, 0.6) is 0 Å². The Kier molecular flexibility index (Phi) is 3.73. The highest BCUT2D eigenvalue weighted by Crippen LogP contribution is 2.28. The minimum atomic E-state index is -0.574. The number of halogens is 1. The fourth-order valence-electron chi connectivity index (χ4n) is 2.18. The van der Waals surface area contributed by atoms with Crippen molar-refractivity contribution < 1.29 is 9.59 Å². The van der Waals surface area contributed by atoms with Gasteiger partial charge in [0.25, 0.3) is 5.91 Å². The summed E-state index contributed by atoms with van der Waals surface area (Å²) in [6.45, 7) is 1.78. The molecule has 6 nitrogen and oxygen atoms in total. The molecule has 0 spiro atoms. The largest absolute Gasteiger partial charge is 0.330 e. The topological polar surface area (TPSA) is 75.2 Å². The van der Waals surface area contributed by atoms with Crippen LogP contribution in [0, 0.1) is 6.92 Å². The molecule has 21 heavy (non-hydrogen) atoms. The van der Waals surface area contributed by atoms with Gasteiger partial charge < -0.3 is 5.32 Å². The number of hydrogen-bond acceptors (Lipinski definition) is 5. The number of aryl methyl sites for hydroxylation is 1. The summed E-state index contributed by atoms with van der Waals surface area (Å²) >= 11 is 4.62. The van der Waals surface area contributed by atoms with E-state index in [1.165, 1.54) is 16.2 Å². The molecule has 0 aromatic carbocycles. The van der Waals surface area contributed by atoms with Crippen LogP contribution in [0.1, 0.15) is 11.3 Å². The average Bonchev–Trinajstić information content (AvgIpc) is 2.95. The van der Waals surface area contributed by atoms with E-state index in [2.05, 4.69) is 31.2 Å². The number of urea groups is 1. The zero-order valence-electron chi connectivity index (χ0n) is 11.0. The number of imide groups is 1. The summed E-state index contributed by atoms with van der Waals surface area (Å²) in [7, 11) is 0. The van der Waals surface area contributed by atoms with Crippen LogP contribution in [0.3, 0.4) is 0 Å². The number of carbonyl (C=O) groups excluding carboxylic acids is 2. The number of carbonyl (C=O) groups is 2. The second-order valence-corrected chi connectivity index (χ2v) is 6.38. The first-order chi connectivity index (χ1) is 10.1. The van der Waals surface area contributed by atoms with Crippen LogP contribution in [-0.2, 0) is 11.2 Å². The van der Waals surface area contributed by atoms with Crippen LogP contribution in [-0.4, -0.2) is 27.9 Å². The van der Waals surface area contributed by atoms with E-state index in [0.29, 0.717) is 17.1 Å². The van der Waals surface area contributed by atoms with Gasteiger partial charge in [0.1, 0.15) is 11.0 Å². The van der Waals surface area contributed by atoms with Crippen LogP contribution in [0.25, 0.3) is 0 Å². The molecule has 1 aliphatic heterocycles. The molecular weight excluding hydrogens is 356 g/mol. The Morgan fingerprint density at radius 3 is 2.90 bits per heavy atom. The van der Waals surface area contributed by atoms with Crippen LogP contribution in [0.4, 0.5) is 9.80 Å². The lowest BCUT2D eigenvalue weighted by molar-refractivity contribution is -0.118. The second kappa shape index (κ2) is 5.53. The van der Waals surface area contributed by atoms with Crippen LogP contribution >= 0.6 is 27.3 Å². The fourth-order valence-corrected chi connectivity index (χ4v) is 3.40. The number of aromatic nitrogens is 2. The van der Waals surface area contributed by atoms with Crippen LogP contribution in [0.2, 0.25) is 0 Å². The molecule has 1 fully saturated rings. The Morgan fingerprint density at radius 2 is 2.24 bits per heavy atom. The number of rotatable bonds is 3. The smallest absolute Gasteiger partial charge is 0.325 e. The minimum absolute atomic E-state index is 0.257. The van der Waals surface area contributed by atoms with Crippen molar-refractivity contribution in [3.8, 4) is 0 Å². The number of nitrogens with one attached hydrogen (secondary N) is 1. The molecule has 8 heteroatoms. The maximum atomic E-state index is 12.4. The zero-order chi connectivity index (χ0) is 15.0. The van der Waals surface area contributed by atoms with Gasteiger partial charge in [-0.2, -0.15) is 0 Å². The van der Waals surface area contributed by atoms with Gasteiger partial charge in [0.05, 0.1) is 11.2 Å². The predicted molar refractivity (Wildman–Crippen MR) is 82.3 cm³/mol. The highest BCUT2D eigenvalue weighted by molar-refractivity contribution is 9.10. The van der Waals surface area contributed by atoms with E-state index in [1.54, 1.807) is 24.8 Å². The van der Waals surface area contributed by atoms with Crippen molar-refractivity contribution in [1.29, 1.82) is 0 Å². The lowest BCUT2D eigenvalue weighted by atomic mass is 10.1. The first kappa shape index (κ1) is 14.2. The van der Waals surface area contributed by atoms with E-state index >= 15 is 0 Å². The third kappa shape index (κ3) is 2.68. The summed E-state index contributed by atoms with van der Waals surface area (Å²) in [5.41, 5.74) is 3.18. The molecule has 1 saturated heterocycles. The molecule has 3 rings (SSSR count). The molecular formula is C13H11BrN4O2S. The highest BCUT2D eigenvalue weighted by atomic mass is 79.9. The van der Waals surface area contributed by atoms with Gasteiger partial charge >= 0.3 is 6.03 Å². The fraction of sp³-hybridized carbons (Fsp3) is 0.231. The molecule has 1 N–H and O–H groups in total. The lowest BCUT2D eigenvalue weighted by Gasteiger charge is -2.11. The summed E-state index contributed by atoms with van der Waals surface area (Å²) in [6, 6.07) is 0.906. The summed E-state index contributed by atoms with van der Waals surface area (Å²) in [5, 5.41) is 3.29. The maximum Gasteiger partial charge on any atom is 0.330 e. The Balaban J connectivity index is 1.82. The summed E-state index contributed by atoms with van der Waals surface area (Å²) in [4.78, 5) is 33.8. The standard InChI is InChI=1S/C13H11BrN4O2S/c1-7-12(21-6-16-7)18-11(19)10(17-13(18)20)3-8-2-9(14)5-15-4-8/h2,4-6,10H,3H2,1H3,(H,17,20). The van der Waals surface area contributed by atoms with E-state index < -0.39 is 12.1 Å². The summed E-state index contributed by atoms with van der Waals surface area (Å²) < 4.78 is 0.840. The predicted octanol–water partition coefficient (Wildman–Crippen LogP) is 2.28. The van der Waals surface area contributed by atoms with Gasteiger partial charge in [-0.25, -0.2) is 14.7 Å². The van der Waals surface area contributed by atoms with Crippen molar-refractivity contribution >= 4 is 44.2 Å². The van der Waals surface area contributed by atoms with Crippen LogP contribution < -0.4 is 10.2 Å². The van der Waals surface area contributed by atoms with Crippen molar-refractivity contribution in [2.75, 3.05) is 4.90 Å². The van der Waals surface area contributed by atoms with Crippen molar-refractivity contribution in [1.82, 2.24) is 15.3 Å². The van der Waals surface area contributed by atoms with Crippen molar-refractivity contribution in [3.05, 3.63) is 39.7 Å². The van der Waals surface area contributed by atoms with E-state index in [9.17, 15) is 9.59 Å². The molecule has 0 radical (unpaired) electrons. The van der Waals surface area contributed by atoms with Crippen molar-refractivity contribution in [2.24, 2.45) is 0 Å². The zero-order valence-corrected chi connectivity index (χ0v) is 13.4. The SMILES string of the molecule is Cc1ncsc1N1C(=O)NC(Cc2cncc(Br)c2)C1=O. The van der Waals surface area contributed by atoms with Gasteiger partial charge in [-0.3, -0.25) is 9.78 Å². The molecule has 3 amide bonds. The first-order valence-corrected chi connectivity index (χ1v) is 7.87. The third-order valence-electron chi connectivity index (χ3n) is 3.14. The highest BCUT2D eigenvalue weighted by Gasteiger charge is 2.40. The Bertz CT molecular complexity index is 718. The van der Waals surface area contributed by atoms with Gasteiger partial charge in [0.2, 0.25) is 0 Å². The van der Waals surface area contributed by atoms with E-state index in [1.807, 2.05) is 6.07 Å². The van der Waals surface area contributed by atoms with E-state index in [-0.39, 0.29) is 5.91 Å².